The van der Waals surface area contributed by atoms with Crippen LogP contribution in [0.4, 0.5) is 10.8 Å². The van der Waals surface area contributed by atoms with Gasteiger partial charge in [-0.2, -0.15) is 10.2 Å². The minimum Gasteiger partial charge on any atom is -0.288 e. The standard InChI is InChI=1S/C30H20N6O3S/c37-29(23-13-12-21-6-4-5-7-22(21)16-23)26-18-35(24-8-2-1-3-9-24)34-28(26)27-19-40-30(32-27)33-31-17-20-10-14-25(15-11-20)36(38)39/h1-19H,(H,32,33). The molecule has 0 saturated carbocycles. The molecule has 0 aliphatic heterocycles. The Balaban J connectivity index is 1.30. The molecule has 0 unspecified atom stereocenters. The number of anilines is 1. The van der Waals surface area contributed by atoms with Gasteiger partial charge in [-0.1, -0.05) is 54.6 Å². The first-order chi connectivity index (χ1) is 19.5. The summed E-state index contributed by atoms with van der Waals surface area (Å²) < 4.78 is 1.68. The summed E-state index contributed by atoms with van der Waals surface area (Å²) in [6, 6.07) is 29.2. The number of aromatic nitrogens is 3. The lowest BCUT2D eigenvalue weighted by atomic mass is 10.00. The van der Waals surface area contributed by atoms with Crippen LogP contribution in [0.1, 0.15) is 21.5 Å². The van der Waals surface area contributed by atoms with Gasteiger partial charge in [0.05, 0.1) is 22.4 Å². The van der Waals surface area contributed by atoms with Crippen molar-refractivity contribution in [3.05, 3.63) is 135 Å². The molecule has 40 heavy (non-hydrogen) atoms. The lowest BCUT2D eigenvalue weighted by Gasteiger charge is -2.03. The largest absolute Gasteiger partial charge is 0.288 e. The molecule has 0 saturated heterocycles. The van der Waals surface area contributed by atoms with E-state index in [4.69, 9.17) is 5.10 Å². The van der Waals surface area contributed by atoms with Crippen LogP contribution in [-0.2, 0) is 0 Å². The monoisotopic (exact) mass is 544 g/mol. The summed E-state index contributed by atoms with van der Waals surface area (Å²) in [4.78, 5) is 28.8. The maximum atomic E-state index is 13.8. The number of rotatable bonds is 8. The van der Waals surface area contributed by atoms with Gasteiger partial charge in [0.2, 0.25) is 5.13 Å². The van der Waals surface area contributed by atoms with E-state index in [-0.39, 0.29) is 11.5 Å². The van der Waals surface area contributed by atoms with Gasteiger partial charge in [-0.15, -0.1) is 11.3 Å². The minimum atomic E-state index is -0.450. The molecule has 2 heterocycles. The van der Waals surface area contributed by atoms with Crippen LogP contribution in [0.15, 0.2) is 114 Å². The normalized spacial score (nSPS) is 11.2. The predicted octanol–water partition coefficient (Wildman–Crippen LogP) is 6.73. The molecule has 6 rings (SSSR count). The van der Waals surface area contributed by atoms with Crippen LogP contribution in [0.25, 0.3) is 27.8 Å². The predicted molar refractivity (Wildman–Crippen MR) is 156 cm³/mol. The van der Waals surface area contributed by atoms with E-state index in [0.29, 0.717) is 33.2 Å². The van der Waals surface area contributed by atoms with Gasteiger partial charge >= 0.3 is 0 Å². The van der Waals surface area contributed by atoms with Gasteiger partial charge in [-0.25, -0.2) is 9.67 Å². The molecular formula is C30H20N6O3S. The second-order valence-electron chi connectivity index (χ2n) is 8.82. The molecule has 0 amide bonds. The van der Waals surface area contributed by atoms with Crippen molar-refractivity contribution in [2.24, 2.45) is 5.10 Å². The quantitative estimate of drug-likeness (QED) is 0.0983. The molecule has 0 aliphatic carbocycles. The summed E-state index contributed by atoms with van der Waals surface area (Å²) >= 11 is 1.32. The zero-order chi connectivity index (χ0) is 27.5. The van der Waals surface area contributed by atoms with Crippen molar-refractivity contribution < 1.29 is 9.72 Å². The van der Waals surface area contributed by atoms with Crippen LogP contribution in [0.2, 0.25) is 0 Å². The van der Waals surface area contributed by atoms with Crippen LogP contribution < -0.4 is 5.43 Å². The fourth-order valence-electron chi connectivity index (χ4n) is 4.21. The van der Waals surface area contributed by atoms with Gasteiger partial charge in [-0.05, 0) is 46.7 Å². The molecule has 0 bridgehead atoms. The molecular weight excluding hydrogens is 524 g/mol. The molecule has 6 aromatic rings. The number of thiazole rings is 1. The highest BCUT2D eigenvalue weighted by molar-refractivity contribution is 7.14. The number of hydrazone groups is 1. The number of benzene rings is 4. The minimum absolute atomic E-state index is 0.0126. The molecule has 194 valence electrons. The van der Waals surface area contributed by atoms with Gasteiger partial charge in [0.15, 0.2) is 5.78 Å². The van der Waals surface area contributed by atoms with Crippen LogP contribution in [0.5, 0.6) is 0 Å². The third kappa shape index (κ3) is 5.11. The van der Waals surface area contributed by atoms with E-state index in [9.17, 15) is 14.9 Å². The highest BCUT2D eigenvalue weighted by Gasteiger charge is 2.22. The van der Waals surface area contributed by atoms with E-state index in [1.807, 2.05) is 78.2 Å². The Hall–Kier alpha value is -5.48. The number of fused-ring (bicyclic) bond motifs is 1. The SMILES string of the molecule is O=C(c1ccc2ccccc2c1)c1cn(-c2ccccc2)nc1-c1csc(NN=Cc2ccc([N+](=O)[O-])cc2)n1. The fourth-order valence-corrected chi connectivity index (χ4v) is 4.85. The van der Waals surface area contributed by atoms with E-state index in [2.05, 4.69) is 15.5 Å². The Morgan fingerprint density at radius 3 is 2.48 bits per heavy atom. The van der Waals surface area contributed by atoms with Crippen molar-refractivity contribution >= 4 is 44.9 Å². The number of hydrogen-bond acceptors (Lipinski definition) is 8. The van der Waals surface area contributed by atoms with Crippen LogP contribution >= 0.6 is 11.3 Å². The van der Waals surface area contributed by atoms with Crippen LogP contribution in [0.3, 0.4) is 0 Å². The number of carbonyl (C=O) groups is 1. The topological polar surface area (TPSA) is 115 Å². The molecule has 0 aliphatic rings. The Morgan fingerprint density at radius 1 is 0.950 bits per heavy atom. The summed E-state index contributed by atoms with van der Waals surface area (Å²) in [7, 11) is 0. The average molecular weight is 545 g/mol. The van der Waals surface area contributed by atoms with Crippen molar-refractivity contribution in [2.45, 2.75) is 0 Å². The van der Waals surface area contributed by atoms with Crippen molar-refractivity contribution in [3.63, 3.8) is 0 Å². The number of para-hydroxylation sites is 1. The average Bonchev–Trinajstić information content (AvgIpc) is 3.65. The highest BCUT2D eigenvalue weighted by atomic mass is 32.1. The van der Waals surface area contributed by atoms with Gasteiger partial charge in [0.25, 0.3) is 5.69 Å². The van der Waals surface area contributed by atoms with Crippen molar-refractivity contribution in [3.8, 4) is 17.1 Å². The number of carbonyl (C=O) groups excluding carboxylic acids is 1. The number of ketones is 1. The number of nitro benzene ring substituents is 1. The first kappa shape index (κ1) is 24.8. The number of nitrogens with zero attached hydrogens (tertiary/aromatic N) is 5. The molecule has 2 aromatic heterocycles. The van der Waals surface area contributed by atoms with E-state index in [1.165, 1.54) is 23.5 Å². The van der Waals surface area contributed by atoms with Gasteiger partial charge in [0, 0.05) is 29.3 Å². The molecule has 10 heteroatoms. The zero-order valence-corrected chi connectivity index (χ0v) is 21.7. The third-order valence-corrected chi connectivity index (χ3v) is 6.96. The molecule has 4 aromatic carbocycles. The Morgan fingerprint density at radius 2 is 1.70 bits per heavy atom. The van der Waals surface area contributed by atoms with E-state index >= 15 is 0 Å². The Kier molecular flexibility index (Phi) is 6.65. The van der Waals surface area contributed by atoms with Crippen molar-refractivity contribution in [1.29, 1.82) is 0 Å². The second kappa shape index (κ2) is 10.7. The number of non-ortho nitro benzene ring substituents is 1. The maximum absolute atomic E-state index is 13.8. The van der Waals surface area contributed by atoms with Gasteiger partial charge in [-0.3, -0.25) is 20.3 Å². The zero-order valence-electron chi connectivity index (χ0n) is 20.8. The Labute approximate surface area is 232 Å². The van der Waals surface area contributed by atoms with Gasteiger partial charge in [0.1, 0.15) is 11.4 Å². The molecule has 0 fully saturated rings. The summed E-state index contributed by atoms with van der Waals surface area (Å²) in [6.45, 7) is 0. The van der Waals surface area contributed by atoms with Crippen LogP contribution in [-0.4, -0.2) is 31.7 Å². The fraction of sp³-hybridized carbons (Fsp3) is 0. The number of nitro groups is 1. The smallest absolute Gasteiger partial charge is 0.269 e. The van der Waals surface area contributed by atoms with E-state index in [1.54, 1.807) is 29.2 Å². The first-order valence-electron chi connectivity index (χ1n) is 12.2. The molecule has 1 N–H and O–H groups in total. The van der Waals surface area contributed by atoms with Gasteiger partial charge < -0.3 is 0 Å². The van der Waals surface area contributed by atoms with Crippen molar-refractivity contribution in [1.82, 2.24) is 14.8 Å². The highest BCUT2D eigenvalue weighted by Crippen LogP contribution is 2.30. The molecule has 9 nitrogen and oxygen atoms in total. The Bertz CT molecular complexity index is 1880. The molecule has 0 atom stereocenters. The molecule has 0 radical (unpaired) electrons. The van der Waals surface area contributed by atoms with Crippen molar-refractivity contribution in [2.75, 3.05) is 5.43 Å². The maximum Gasteiger partial charge on any atom is 0.269 e. The summed E-state index contributed by atoms with van der Waals surface area (Å²) in [5, 5.41) is 24.1. The van der Waals surface area contributed by atoms with E-state index in [0.717, 1.165) is 16.5 Å². The lowest BCUT2D eigenvalue weighted by Crippen LogP contribution is -2.02. The lowest BCUT2D eigenvalue weighted by molar-refractivity contribution is -0.384. The summed E-state index contributed by atoms with van der Waals surface area (Å²) in [6.07, 6.45) is 3.28. The summed E-state index contributed by atoms with van der Waals surface area (Å²) in [5.74, 6) is -0.151. The molecule has 0 spiro atoms. The number of hydrogen-bond donors (Lipinski definition) is 1. The number of nitrogens with one attached hydrogen (secondary N) is 1. The summed E-state index contributed by atoms with van der Waals surface area (Å²) in [5.41, 5.74) is 6.41. The van der Waals surface area contributed by atoms with E-state index < -0.39 is 4.92 Å². The second-order valence-corrected chi connectivity index (χ2v) is 9.68. The van der Waals surface area contributed by atoms with Crippen LogP contribution in [0, 0.1) is 10.1 Å². The first-order valence-corrected chi connectivity index (χ1v) is 13.1. The third-order valence-electron chi connectivity index (χ3n) is 6.22.